The molecule has 0 radical (unpaired) electrons. The van der Waals surface area contributed by atoms with E-state index in [1.165, 1.54) is 17.0 Å². The molecular weight excluding hydrogens is 337 g/mol. The number of nitrogens with zero attached hydrogens (tertiary/aromatic N) is 2. The zero-order chi connectivity index (χ0) is 17.3. The van der Waals surface area contributed by atoms with Crippen molar-refractivity contribution < 1.29 is 33.0 Å². The molecule has 1 amide bonds. The third-order valence-corrected chi connectivity index (χ3v) is 4.24. The first-order valence-corrected chi connectivity index (χ1v) is 7.40. The Bertz CT molecular complexity index is 615. The van der Waals surface area contributed by atoms with E-state index in [4.69, 9.17) is 5.11 Å². The zero-order valence-electron chi connectivity index (χ0n) is 11.7. The van der Waals surface area contributed by atoms with E-state index in [2.05, 4.69) is 4.98 Å². The van der Waals surface area contributed by atoms with Crippen LogP contribution < -0.4 is 0 Å². The van der Waals surface area contributed by atoms with Crippen LogP contribution in [0.5, 0.6) is 0 Å². The molecular formula is C13H13F3N2O4S. The van der Waals surface area contributed by atoms with E-state index in [9.17, 15) is 27.9 Å². The van der Waals surface area contributed by atoms with Crippen molar-refractivity contribution in [2.24, 2.45) is 0 Å². The van der Waals surface area contributed by atoms with Crippen molar-refractivity contribution >= 4 is 23.6 Å². The summed E-state index contributed by atoms with van der Waals surface area (Å²) in [6, 6.07) is 2.59. The number of thioether (sulfide) groups is 1. The maximum Gasteiger partial charge on any atom is 0.447 e. The number of aromatic nitrogens is 1. The van der Waals surface area contributed by atoms with Crippen molar-refractivity contribution in [3.8, 4) is 0 Å². The second kappa shape index (κ2) is 6.36. The van der Waals surface area contributed by atoms with Gasteiger partial charge in [0.15, 0.2) is 5.60 Å². The molecule has 1 aromatic heterocycles. The molecule has 0 spiro atoms. The highest BCUT2D eigenvalue weighted by atomic mass is 32.2. The number of aliphatic hydroxyl groups is 1. The summed E-state index contributed by atoms with van der Waals surface area (Å²) < 4.78 is 37.6. The van der Waals surface area contributed by atoms with Crippen molar-refractivity contribution in [2.75, 3.05) is 13.1 Å². The molecule has 0 saturated carbocycles. The minimum absolute atomic E-state index is 0.0628. The highest BCUT2D eigenvalue weighted by molar-refractivity contribution is 8.00. The second-order valence-corrected chi connectivity index (χ2v) is 6.09. The Labute approximate surface area is 133 Å². The molecule has 2 heterocycles. The first kappa shape index (κ1) is 17.5. The van der Waals surface area contributed by atoms with Crippen molar-refractivity contribution in [3.63, 3.8) is 0 Å². The Morgan fingerprint density at radius 1 is 1.30 bits per heavy atom. The van der Waals surface area contributed by atoms with Gasteiger partial charge in [-0.05, 0) is 12.1 Å². The van der Waals surface area contributed by atoms with Crippen LogP contribution in [0.3, 0.4) is 0 Å². The Morgan fingerprint density at radius 3 is 2.43 bits per heavy atom. The minimum atomic E-state index is -4.57. The summed E-state index contributed by atoms with van der Waals surface area (Å²) >= 11 is -0.478. The molecule has 1 saturated heterocycles. The average Bonchev–Trinajstić information content (AvgIpc) is 2.46. The van der Waals surface area contributed by atoms with E-state index in [-0.39, 0.29) is 31.5 Å². The summed E-state index contributed by atoms with van der Waals surface area (Å²) in [6.45, 7) is -0.126. The van der Waals surface area contributed by atoms with E-state index < -0.39 is 39.8 Å². The molecule has 0 aliphatic carbocycles. The van der Waals surface area contributed by atoms with Gasteiger partial charge >= 0.3 is 11.5 Å². The zero-order valence-corrected chi connectivity index (χ0v) is 12.5. The molecule has 0 unspecified atom stereocenters. The first-order chi connectivity index (χ1) is 10.6. The summed E-state index contributed by atoms with van der Waals surface area (Å²) in [5, 5.41) is 18.3. The summed E-state index contributed by atoms with van der Waals surface area (Å²) in [5.74, 6) is -2.04. The predicted molar refractivity (Wildman–Crippen MR) is 73.9 cm³/mol. The monoisotopic (exact) mass is 350 g/mol. The van der Waals surface area contributed by atoms with E-state index >= 15 is 0 Å². The van der Waals surface area contributed by atoms with Crippen LogP contribution in [0.15, 0.2) is 23.4 Å². The van der Waals surface area contributed by atoms with Gasteiger partial charge in [-0.15, -0.1) is 0 Å². The lowest BCUT2D eigenvalue weighted by atomic mass is 9.91. The van der Waals surface area contributed by atoms with Gasteiger partial charge in [-0.2, -0.15) is 13.2 Å². The second-order valence-electron chi connectivity index (χ2n) is 5.03. The minimum Gasteiger partial charge on any atom is -0.479 e. The van der Waals surface area contributed by atoms with Crippen LogP contribution in [0, 0.1) is 0 Å². The molecule has 6 nitrogen and oxygen atoms in total. The number of likely N-dealkylation sites (tertiary alicyclic amines) is 1. The van der Waals surface area contributed by atoms with Gasteiger partial charge in [0.2, 0.25) is 0 Å². The van der Waals surface area contributed by atoms with E-state index in [0.717, 1.165) is 6.20 Å². The maximum atomic E-state index is 12.5. The number of carboxylic acids is 1. The molecule has 1 fully saturated rings. The number of halogens is 3. The van der Waals surface area contributed by atoms with Crippen molar-refractivity contribution in [1.82, 2.24) is 9.88 Å². The molecule has 10 heteroatoms. The van der Waals surface area contributed by atoms with Gasteiger partial charge in [0.05, 0.1) is 5.56 Å². The third-order valence-electron chi connectivity index (χ3n) is 3.49. The topological polar surface area (TPSA) is 90.7 Å². The van der Waals surface area contributed by atoms with Gasteiger partial charge in [-0.25, -0.2) is 9.78 Å². The van der Waals surface area contributed by atoms with Crippen LogP contribution >= 0.6 is 11.8 Å². The van der Waals surface area contributed by atoms with Crippen LogP contribution in [0.25, 0.3) is 0 Å². The molecule has 1 aliphatic rings. The number of carbonyl (C=O) groups is 2. The molecule has 0 bridgehead atoms. The van der Waals surface area contributed by atoms with Gasteiger partial charge in [-0.1, -0.05) is 0 Å². The lowest BCUT2D eigenvalue weighted by Crippen LogP contribution is -2.50. The maximum absolute atomic E-state index is 12.5. The fraction of sp³-hybridized carbons (Fsp3) is 0.462. The number of rotatable bonds is 3. The normalized spacial score (nSPS) is 17.8. The number of carboxylic acid groups (broad SMARTS) is 1. The lowest BCUT2D eigenvalue weighted by Gasteiger charge is -2.35. The average molecular weight is 350 g/mol. The van der Waals surface area contributed by atoms with Gasteiger partial charge in [0.25, 0.3) is 5.91 Å². The fourth-order valence-corrected chi connectivity index (χ4v) is 2.81. The van der Waals surface area contributed by atoms with Crippen molar-refractivity contribution in [3.05, 3.63) is 23.9 Å². The van der Waals surface area contributed by atoms with Gasteiger partial charge < -0.3 is 15.1 Å². The number of hydrogen-bond acceptors (Lipinski definition) is 5. The SMILES string of the molecule is O=C(c1cccnc1SC(F)(F)F)N1CCC(O)(C(=O)O)CC1. The van der Waals surface area contributed by atoms with E-state index in [0.29, 0.717) is 0 Å². The first-order valence-electron chi connectivity index (χ1n) is 6.58. The molecule has 23 heavy (non-hydrogen) atoms. The fourth-order valence-electron chi connectivity index (χ4n) is 2.21. The summed E-state index contributed by atoms with van der Waals surface area (Å²) in [5.41, 5.74) is -6.68. The number of pyridine rings is 1. The van der Waals surface area contributed by atoms with Crippen LogP contribution in [-0.4, -0.2) is 56.2 Å². The Hall–Kier alpha value is -1.81. The summed E-state index contributed by atoms with van der Waals surface area (Å²) in [6.07, 6.45) is 0.788. The molecule has 126 valence electrons. The number of hydrogen-bond donors (Lipinski definition) is 2. The quantitative estimate of drug-likeness (QED) is 0.807. The molecule has 1 aromatic rings. The van der Waals surface area contributed by atoms with Gasteiger partial charge in [0.1, 0.15) is 5.03 Å². The molecule has 2 N–H and O–H groups in total. The number of piperidine rings is 1. The van der Waals surface area contributed by atoms with Gasteiger partial charge in [-0.3, -0.25) is 4.79 Å². The van der Waals surface area contributed by atoms with E-state index in [1.807, 2.05) is 0 Å². The Kier molecular flexibility index (Phi) is 4.85. The lowest BCUT2D eigenvalue weighted by molar-refractivity contribution is -0.162. The number of amides is 1. The highest BCUT2D eigenvalue weighted by Gasteiger charge is 2.41. The molecule has 0 aromatic carbocycles. The largest absolute Gasteiger partial charge is 0.479 e. The number of carbonyl (C=O) groups excluding carboxylic acids is 1. The summed E-state index contributed by atoms with van der Waals surface area (Å²) in [7, 11) is 0. The number of aliphatic carboxylic acids is 1. The smallest absolute Gasteiger partial charge is 0.447 e. The van der Waals surface area contributed by atoms with Gasteiger partial charge in [0, 0.05) is 43.9 Å². The van der Waals surface area contributed by atoms with Crippen LogP contribution in [0.2, 0.25) is 0 Å². The Balaban J connectivity index is 2.15. The third kappa shape index (κ3) is 4.14. The predicted octanol–water partition coefficient (Wildman–Crippen LogP) is 1.75. The standard InChI is InChI=1S/C13H13F3N2O4S/c14-13(15,16)23-9-8(2-1-5-17-9)10(19)18-6-3-12(22,4-7-18)11(20)21/h1-2,5,22H,3-4,6-7H2,(H,20,21). The van der Waals surface area contributed by atoms with E-state index in [1.54, 1.807) is 0 Å². The van der Waals surface area contributed by atoms with Crippen molar-refractivity contribution in [2.45, 2.75) is 29.0 Å². The van der Waals surface area contributed by atoms with Crippen LogP contribution in [0.4, 0.5) is 13.2 Å². The molecule has 1 aliphatic heterocycles. The van der Waals surface area contributed by atoms with Crippen LogP contribution in [-0.2, 0) is 4.79 Å². The van der Waals surface area contributed by atoms with Crippen LogP contribution in [0.1, 0.15) is 23.2 Å². The number of alkyl halides is 3. The highest BCUT2D eigenvalue weighted by Crippen LogP contribution is 2.37. The molecule has 2 rings (SSSR count). The Morgan fingerprint density at radius 2 is 1.91 bits per heavy atom. The molecule has 0 atom stereocenters. The summed E-state index contributed by atoms with van der Waals surface area (Å²) in [4.78, 5) is 28.1. The van der Waals surface area contributed by atoms with Crippen molar-refractivity contribution in [1.29, 1.82) is 0 Å².